The van der Waals surface area contributed by atoms with Crippen LogP contribution >= 0.6 is 0 Å². The van der Waals surface area contributed by atoms with Crippen molar-refractivity contribution >= 4 is 22.6 Å². The van der Waals surface area contributed by atoms with Gasteiger partial charge in [0.25, 0.3) is 0 Å². The summed E-state index contributed by atoms with van der Waals surface area (Å²) in [5.74, 6) is 1.33. The summed E-state index contributed by atoms with van der Waals surface area (Å²) in [6, 6.07) is 19.4. The van der Waals surface area contributed by atoms with Gasteiger partial charge in [-0.1, -0.05) is 41.6 Å². The van der Waals surface area contributed by atoms with Crippen LogP contribution in [0.5, 0.6) is 0 Å². The summed E-state index contributed by atoms with van der Waals surface area (Å²) in [5, 5.41) is 8.14. The summed E-state index contributed by atoms with van der Waals surface area (Å²) < 4.78 is 5.55. The number of piperidine rings is 1. The molecule has 5 rings (SSSR count). The van der Waals surface area contributed by atoms with Crippen molar-refractivity contribution in [3.05, 3.63) is 72.8 Å². The fraction of sp³-hybridized carbons (Fsp3) is 0.217. The zero-order chi connectivity index (χ0) is 20.3. The van der Waals surface area contributed by atoms with Crippen molar-refractivity contribution < 1.29 is 9.32 Å². The van der Waals surface area contributed by atoms with Gasteiger partial charge in [0.05, 0.1) is 5.52 Å². The number of hydrogen-bond donors (Lipinski definition) is 1. The first-order chi connectivity index (χ1) is 14.8. The molecule has 0 aliphatic carbocycles. The SMILES string of the molecule is O=C(Nc1ccccc1)N1CCC(c2nc(-c3cnc4ccccc4c3)no2)CC1. The van der Waals surface area contributed by atoms with Crippen LogP contribution in [-0.4, -0.2) is 39.1 Å². The summed E-state index contributed by atoms with van der Waals surface area (Å²) in [6.07, 6.45) is 3.35. The van der Waals surface area contributed by atoms with Crippen LogP contribution in [0.3, 0.4) is 0 Å². The molecule has 1 aliphatic heterocycles. The predicted molar refractivity (Wildman–Crippen MR) is 114 cm³/mol. The number of likely N-dealkylation sites (tertiary alicyclic amines) is 1. The maximum atomic E-state index is 12.5. The van der Waals surface area contributed by atoms with E-state index in [9.17, 15) is 4.79 Å². The second kappa shape index (κ2) is 7.94. The third-order valence-electron chi connectivity index (χ3n) is 5.45. The first-order valence-electron chi connectivity index (χ1n) is 10.1. The Kier molecular flexibility index (Phi) is 4.85. The molecule has 1 N–H and O–H groups in total. The van der Waals surface area contributed by atoms with E-state index in [2.05, 4.69) is 20.4 Å². The van der Waals surface area contributed by atoms with E-state index in [0.717, 1.165) is 35.0 Å². The minimum Gasteiger partial charge on any atom is -0.339 e. The second-order valence-corrected chi connectivity index (χ2v) is 7.43. The van der Waals surface area contributed by atoms with Crippen LogP contribution in [0.25, 0.3) is 22.3 Å². The van der Waals surface area contributed by atoms with Crippen LogP contribution in [0, 0.1) is 0 Å². The smallest absolute Gasteiger partial charge is 0.321 e. The lowest BCUT2D eigenvalue weighted by molar-refractivity contribution is 0.187. The zero-order valence-corrected chi connectivity index (χ0v) is 16.4. The highest BCUT2D eigenvalue weighted by atomic mass is 16.5. The quantitative estimate of drug-likeness (QED) is 0.540. The lowest BCUT2D eigenvalue weighted by Crippen LogP contribution is -2.40. The number of aromatic nitrogens is 3. The minimum atomic E-state index is -0.0758. The molecule has 0 spiro atoms. The molecule has 150 valence electrons. The summed E-state index contributed by atoms with van der Waals surface area (Å²) in [4.78, 5) is 23.4. The van der Waals surface area contributed by atoms with E-state index in [1.807, 2.05) is 65.6 Å². The molecule has 0 bridgehead atoms. The molecule has 1 aliphatic rings. The molecular formula is C23H21N5O2. The lowest BCUT2D eigenvalue weighted by atomic mass is 9.97. The van der Waals surface area contributed by atoms with Crippen LogP contribution in [0.15, 0.2) is 71.4 Å². The Hall–Kier alpha value is -3.74. The van der Waals surface area contributed by atoms with E-state index in [0.29, 0.717) is 24.8 Å². The van der Waals surface area contributed by atoms with Crippen molar-refractivity contribution in [2.24, 2.45) is 0 Å². The highest BCUT2D eigenvalue weighted by Crippen LogP contribution is 2.29. The second-order valence-electron chi connectivity index (χ2n) is 7.43. The number of urea groups is 1. The molecule has 3 heterocycles. The summed E-state index contributed by atoms with van der Waals surface area (Å²) in [6.45, 7) is 1.30. The van der Waals surface area contributed by atoms with E-state index in [4.69, 9.17) is 4.52 Å². The molecule has 30 heavy (non-hydrogen) atoms. The topological polar surface area (TPSA) is 84.2 Å². The van der Waals surface area contributed by atoms with Crippen LogP contribution in [-0.2, 0) is 0 Å². The van der Waals surface area contributed by atoms with Crippen molar-refractivity contribution in [3.8, 4) is 11.4 Å². The van der Waals surface area contributed by atoms with Gasteiger partial charge in [0.1, 0.15) is 0 Å². The Morgan fingerprint density at radius 1 is 1.03 bits per heavy atom. The third-order valence-corrected chi connectivity index (χ3v) is 5.45. The van der Waals surface area contributed by atoms with Gasteiger partial charge in [-0.05, 0) is 37.1 Å². The molecule has 0 radical (unpaired) electrons. The fourth-order valence-electron chi connectivity index (χ4n) is 3.77. The fourth-order valence-corrected chi connectivity index (χ4v) is 3.77. The van der Waals surface area contributed by atoms with Crippen LogP contribution in [0.2, 0.25) is 0 Å². The predicted octanol–water partition coefficient (Wildman–Crippen LogP) is 4.70. The van der Waals surface area contributed by atoms with Gasteiger partial charge in [-0.2, -0.15) is 4.98 Å². The molecular weight excluding hydrogens is 378 g/mol. The molecule has 2 amide bonds. The van der Waals surface area contributed by atoms with Crippen molar-refractivity contribution in [1.82, 2.24) is 20.0 Å². The Morgan fingerprint density at radius 2 is 1.80 bits per heavy atom. The Bertz CT molecular complexity index is 1170. The van der Waals surface area contributed by atoms with Gasteiger partial charge in [-0.3, -0.25) is 4.98 Å². The molecule has 4 aromatic rings. The van der Waals surface area contributed by atoms with Gasteiger partial charge in [-0.15, -0.1) is 0 Å². The number of para-hydroxylation sites is 2. The van der Waals surface area contributed by atoms with E-state index in [-0.39, 0.29) is 11.9 Å². The first-order valence-corrected chi connectivity index (χ1v) is 10.1. The number of pyridine rings is 1. The van der Waals surface area contributed by atoms with Crippen molar-refractivity contribution in [1.29, 1.82) is 0 Å². The van der Waals surface area contributed by atoms with Gasteiger partial charge >= 0.3 is 6.03 Å². The highest BCUT2D eigenvalue weighted by molar-refractivity contribution is 5.89. The average Bonchev–Trinajstić information content (AvgIpc) is 3.30. The number of fused-ring (bicyclic) bond motifs is 1. The van der Waals surface area contributed by atoms with Gasteiger partial charge in [0.2, 0.25) is 11.7 Å². The number of rotatable bonds is 3. The Morgan fingerprint density at radius 3 is 2.63 bits per heavy atom. The van der Waals surface area contributed by atoms with Crippen LogP contribution in [0.4, 0.5) is 10.5 Å². The number of amides is 2. The molecule has 0 atom stereocenters. The standard InChI is InChI=1S/C23H21N5O2/c29-23(25-19-7-2-1-3-8-19)28-12-10-16(11-13-28)22-26-21(27-30-22)18-14-17-6-4-5-9-20(17)24-15-18/h1-9,14-16H,10-13H2,(H,25,29). The maximum absolute atomic E-state index is 12.5. The Labute approximate surface area is 173 Å². The average molecular weight is 399 g/mol. The molecule has 7 nitrogen and oxygen atoms in total. The number of anilines is 1. The van der Waals surface area contributed by atoms with Gasteiger partial charge < -0.3 is 14.7 Å². The maximum Gasteiger partial charge on any atom is 0.321 e. The number of benzene rings is 2. The van der Waals surface area contributed by atoms with E-state index in [1.165, 1.54) is 0 Å². The van der Waals surface area contributed by atoms with E-state index >= 15 is 0 Å². The molecule has 2 aromatic heterocycles. The number of nitrogens with zero attached hydrogens (tertiary/aromatic N) is 4. The summed E-state index contributed by atoms with van der Waals surface area (Å²) in [7, 11) is 0. The van der Waals surface area contributed by atoms with Crippen LogP contribution < -0.4 is 5.32 Å². The summed E-state index contributed by atoms with van der Waals surface area (Å²) >= 11 is 0. The number of nitrogens with one attached hydrogen (secondary N) is 1. The van der Waals surface area contributed by atoms with Crippen LogP contribution in [0.1, 0.15) is 24.7 Å². The normalized spacial score (nSPS) is 14.7. The van der Waals surface area contributed by atoms with Gasteiger partial charge in [-0.25, -0.2) is 4.79 Å². The first kappa shape index (κ1) is 18.3. The number of carbonyl (C=O) groups excluding carboxylic acids is 1. The lowest BCUT2D eigenvalue weighted by Gasteiger charge is -2.30. The van der Waals surface area contributed by atoms with Crippen molar-refractivity contribution in [2.45, 2.75) is 18.8 Å². The van der Waals surface area contributed by atoms with Gasteiger partial charge in [0.15, 0.2) is 0 Å². The third kappa shape index (κ3) is 3.74. The van der Waals surface area contributed by atoms with E-state index in [1.54, 1.807) is 6.20 Å². The molecule has 2 aromatic carbocycles. The number of hydrogen-bond acceptors (Lipinski definition) is 5. The van der Waals surface area contributed by atoms with Crippen molar-refractivity contribution in [2.75, 3.05) is 18.4 Å². The Balaban J connectivity index is 1.23. The summed E-state index contributed by atoms with van der Waals surface area (Å²) in [5.41, 5.74) is 2.57. The molecule has 1 saturated heterocycles. The largest absolute Gasteiger partial charge is 0.339 e. The molecule has 0 saturated carbocycles. The number of carbonyl (C=O) groups is 1. The molecule has 0 unspecified atom stereocenters. The van der Waals surface area contributed by atoms with E-state index < -0.39 is 0 Å². The molecule has 1 fully saturated rings. The monoisotopic (exact) mass is 399 g/mol. The minimum absolute atomic E-state index is 0.0758. The van der Waals surface area contributed by atoms with Crippen molar-refractivity contribution in [3.63, 3.8) is 0 Å². The zero-order valence-electron chi connectivity index (χ0n) is 16.4. The molecule has 7 heteroatoms. The van der Waals surface area contributed by atoms with Gasteiger partial charge in [0, 0.05) is 41.8 Å². The highest BCUT2D eigenvalue weighted by Gasteiger charge is 2.27.